The first-order chi connectivity index (χ1) is 12.1. The standard InChI is InChI=1S/C19H28N4S2.HI/c1-19(2,16-6-4-12-24-16)14-21-18(20-3)22-15-8-10-23(11-9-15)17-7-5-13-25-17;/h4-7,12-13,15H,8-11,14H2,1-3H3,(H2,20,21,22);1H. The number of rotatable bonds is 5. The Morgan fingerprint density at radius 3 is 2.46 bits per heavy atom. The van der Waals surface area contributed by atoms with E-state index in [-0.39, 0.29) is 29.4 Å². The van der Waals surface area contributed by atoms with E-state index in [4.69, 9.17) is 0 Å². The van der Waals surface area contributed by atoms with Crippen LogP contribution in [0, 0.1) is 0 Å². The van der Waals surface area contributed by atoms with Gasteiger partial charge in [-0.3, -0.25) is 4.99 Å². The first-order valence-electron chi connectivity index (χ1n) is 8.88. The second-order valence-corrected chi connectivity index (χ2v) is 9.02. The molecule has 2 N–H and O–H groups in total. The molecular formula is C19H29IN4S2. The Bertz CT molecular complexity index is 660. The molecule has 0 atom stereocenters. The van der Waals surface area contributed by atoms with Crippen molar-refractivity contribution in [2.45, 2.75) is 38.1 Å². The topological polar surface area (TPSA) is 39.7 Å². The summed E-state index contributed by atoms with van der Waals surface area (Å²) in [4.78, 5) is 8.31. The smallest absolute Gasteiger partial charge is 0.191 e. The largest absolute Gasteiger partial charge is 0.363 e. The van der Waals surface area contributed by atoms with Crippen LogP contribution in [-0.2, 0) is 5.41 Å². The molecule has 0 aromatic carbocycles. The molecule has 0 amide bonds. The Morgan fingerprint density at radius 1 is 1.19 bits per heavy atom. The third-order valence-corrected chi connectivity index (χ3v) is 6.93. The van der Waals surface area contributed by atoms with Crippen LogP contribution in [-0.4, -0.2) is 38.7 Å². The minimum absolute atomic E-state index is 0. The summed E-state index contributed by atoms with van der Waals surface area (Å²) in [6, 6.07) is 9.17. The maximum Gasteiger partial charge on any atom is 0.191 e. The third-order valence-electron chi connectivity index (χ3n) is 4.76. The fourth-order valence-corrected chi connectivity index (χ4v) is 4.77. The quantitative estimate of drug-likeness (QED) is 0.357. The Morgan fingerprint density at radius 2 is 1.88 bits per heavy atom. The first-order valence-corrected chi connectivity index (χ1v) is 10.6. The zero-order chi connectivity index (χ0) is 17.7. The lowest BCUT2D eigenvalue weighted by Crippen LogP contribution is -2.50. The van der Waals surface area contributed by atoms with Gasteiger partial charge in [0.15, 0.2) is 5.96 Å². The highest BCUT2D eigenvalue weighted by Crippen LogP contribution is 2.27. The van der Waals surface area contributed by atoms with Crippen molar-refractivity contribution in [3.05, 3.63) is 39.9 Å². The van der Waals surface area contributed by atoms with Gasteiger partial charge >= 0.3 is 0 Å². The third kappa shape index (κ3) is 5.60. The Kier molecular flexibility index (Phi) is 8.22. The number of nitrogens with zero attached hydrogens (tertiary/aromatic N) is 2. The minimum atomic E-state index is 0. The molecule has 0 aliphatic carbocycles. The van der Waals surface area contributed by atoms with Gasteiger partial charge in [-0.05, 0) is 41.8 Å². The van der Waals surface area contributed by atoms with Crippen LogP contribution >= 0.6 is 46.7 Å². The highest BCUT2D eigenvalue weighted by molar-refractivity contribution is 14.0. The van der Waals surface area contributed by atoms with Gasteiger partial charge in [0.2, 0.25) is 0 Å². The van der Waals surface area contributed by atoms with E-state index in [1.54, 1.807) is 0 Å². The highest BCUT2D eigenvalue weighted by Gasteiger charge is 2.24. The van der Waals surface area contributed by atoms with Crippen LogP contribution in [0.15, 0.2) is 40.0 Å². The van der Waals surface area contributed by atoms with E-state index < -0.39 is 0 Å². The van der Waals surface area contributed by atoms with Crippen molar-refractivity contribution in [3.63, 3.8) is 0 Å². The molecule has 1 aliphatic rings. The van der Waals surface area contributed by atoms with Gasteiger partial charge < -0.3 is 15.5 Å². The van der Waals surface area contributed by atoms with Crippen molar-refractivity contribution in [3.8, 4) is 0 Å². The van der Waals surface area contributed by atoms with E-state index in [1.165, 1.54) is 9.88 Å². The molecule has 1 aliphatic heterocycles. The lowest BCUT2D eigenvalue weighted by atomic mass is 9.91. The number of hydrogen-bond acceptors (Lipinski definition) is 4. The molecular weight excluding hydrogens is 475 g/mol. The number of hydrogen-bond donors (Lipinski definition) is 2. The van der Waals surface area contributed by atoms with Crippen LogP contribution in [0.4, 0.5) is 5.00 Å². The van der Waals surface area contributed by atoms with E-state index in [1.807, 2.05) is 29.7 Å². The van der Waals surface area contributed by atoms with Gasteiger partial charge in [-0.25, -0.2) is 0 Å². The fourth-order valence-electron chi connectivity index (χ4n) is 3.14. The van der Waals surface area contributed by atoms with Gasteiger partial charge in [-0.2, -0.15) is 0 Å². The molecule has 3 heterocycles. The number of thiophene rings is 2. The Hall–Kier alpha value is -0.800. The second kappa shape index (κ2) is 9.94. The van der Waals surface area contributed by atoms with E-state index in [0.717, 1.165) is 38.4 Å². The summed E-state index contributed by atoms with van der Waals surface area (Å²) in [5.74, 6) is 0.916. The molecule has 26 heavy (non-hydrogen) atoms. The molecule has 0 spiro atoms. The number of halogens is 1. The monoisotopic (exact) mass is 504 g/mol. The van der Waals surface area contributed by atoms with E-state index >= 15 is 0 Å². The van der Waals surface area contributed by atoms with Crippen molar-refractivity contribution in [1.29, 1.82) is 0 Å². The van der Waals surface area contributed by atoms with Crippen LogP contribution < -0.4 is 15.5 Å². The van der Waals surface area contributed by atoms with Gasteiger partial charge in [-0.15, -0.1) is 46.7 Å². The maximum atomic E-state index is 4.42. The molecule has 0 saturated carbocycles. The Balaban J connectivity index is 0.00000243. The molecule has 2 aromatic rings. The molecule has 7 heteroatoms. The summed E-state index contributed by atoms with van der Waals surface area (Å²) in [6.07, 6.45) is 2.29. The summed E-state index contributed by atoms with van der Waals surface area (Å²) in [7, 11) is 1.86. The van der Waals surface area contributed by atoms with Gasteiger partial charge in [0, 0.05) is 43.0 Å². The summed E-state index contributed by atoms with van der Waals surface area (Å²) in [5.41, 5.74) is 0.105. The predicted molar refractivity (Wildman–Crippen MR) is 127 cm³/mol. The van der Waals surface area contributed by atoms with Crippen LogP contribution in [0.2, 0.25) is 0 Å². The van der Waals surface area contributed by atoms with Crippen LogP contribution in [0.25, 0.3) is 0 Å². The molecule has 1 fully saturated rings. The van der Waals surface area contributed by atoms with E-state index in [2.05, 4.69) is 69.4 Å². The lowest BCUT2D eigenvalue weighted by Gasteiger charge is -2.34. The number of guanidine groups is 1. The average molecular weight is 505 g/mol. The van der Waals surface area contributed by atoms with Crippen molar-refractivity contribution >= 4 is 57.6 Å². The maximum absolute atomic E-state index is 4.42. The van der Waals surface area contributed by atoms with Crippen molar-refractivity contribution in [2.24, 2.45) is 4.99 Å². The van der Waals surface area contributed by atoms with Gasteiger partial charge in [0.05, 0.1) is 5.00 Å². The fraction of sp³-hybridized carbons (Fsp3) is 0.526. The zero-order valence-electron chi connectivity index (χ0n) is 15.7. The van der Waals surface area contributed by atoms with Crippen molar-refractivity contribution < 1.29 is 0 Å². The van der Waals surface area contributed by atoms with Gasteiger partial charge in [-0.1, -0.05) is 19.9 Å². The molecule has 4 nitrogen and oxygen atoms in total. The van der Waals surface area contributed by atoms with Crippen LogP contribution in [0.5, 0.6) is 0 Å². The normalized spacial score (nSPS) is 16.3. The zero-order valence-corrected chi connectivity index (χ0v) is 19.7. The molecule has 3 rings (SSSR count). The summed E-state index contributed by atoms with van der Waals surface area (Å²) in [5, 5.41) is 12.8. The number of anilines is 1. The van der Waals surface area contributed by atoms with Crippen LogP contribution in [0.1, 0.15) is 31.6 Å². The van der Waals surface area contributed by atoms with Crippen LogP contribution in [0.3, 0.4) is 0 Å². The van der Waals surface area contributed by atoms with Crippen molar-refractivity contribution in [1.82, 2.24) is 10.6 Å². The average Bonchev–Trinajstić information content (AvgIpc) is 3.33. The summed E-state index contributed by atoms with van der Waals surface area (Å²) in [6.45, 7) is 7.64. The number of aliphatic imine (C=N–C) groups is 1. The van der Waals surface area contributed by atoms with Gasteiger partial charge in [0.1, 0.15) is 0 Å². The summed E-state index contributed by atoms with van der Waals surface area (Å²) < 4.78 is 0. The summed E-state index contributed by atoms with van der Waals surface area (Å²) >= 11 is 3.65. The second-order valence-electron chi connectivity index (χ2n) is 7.14. The molecule has 0 bridgehead atoms. The SMILES string of the molecule is CN=C(NCC(C)(C)c1cccs1)NC1CCN(c2cccs2)CC1.I. The molecule has 144 valence electrons. The number of piperidine rings is 1. The van der Waals surface area contributed by atoms with Crippen molar-refractivity contribution in [2.75, 3.05) is 31.6 Å². The predicted octanol–water partition coefficient (Wildman–Crippen LogP) is 4.54. The number of nitrogens with one attached hydrogen (secondary N) is 2. The lowest BCUT2D eigenvalue weighted by molar-refractivity contribution is 0.456. The minimum Gasteiger partial charge on any atom is -0.363 e. The molecule has 0 radical (unpaired) electrons. The van der Waals surface area contributed by atoms with E-state index in [9.17, 15) is 0 Å². The molecule has 0 unspecified atom stereocenters. The Labute approximate surface area is 182 Å². The molecule has 1 saturated heterocycles. The molecule has 2 aromatic heterocycles. The highest BCUT2D eigenvalue weighted by atomic mass is 127. The first kappa shape index (κ1) is 21.5. The van der Waals surface area contributed by atoms with E-state index in [0.29, 0.717) is 6.04 Å². The van der Waals surface area contributed by atoms with Gasteiger partial charge in [0.25, 0.3) is 0 Å².